The summed E-state index contributed by atoms with van der Waals surface area (Å²) in [5.41, 5.74) is 0. The van der Waals surface area contributed by atoms with Crippen LogP contribution in [0.2, 0.25) is 0 Å². The maximum Gasteiger partial charge on any atom is 0.151 e. The molecule has 0 aromatic carbocycles. The van der Waals surface area contributed by atoms with Gasteiger partial charge in [0.1, 0.15) is 0 Å². The SMILES string of the molecule is CCS(=O)(=O)CCN(CCBr)CCOC. The zero-order valence-electron chi connectivity index (χ0n) is 9.41. The van der Waals surface area contributed by atoms with Gasteiger partial charge in [-0.2, -0.15) is 0 Å². The second-order valence-electron chi connectivity index (χ2n) is 3.26. The van der Waals surface area contributed by atoms with Gasteiger partial charge in [0.2, 0.25) is 0 Å². The van der Waals surface area contributed by atoms with Gasteiger partial charge in [-0.1, -0.05) is 22.9 Å². The molecular formula is C9H20BrNO3S. The third kappa shape index (κ3) is 8.19. The minimum atomic E-state index is -2.86. The lowest BCUT2D eigenvalue weighted by Crippen LogP contribution is -2.34. The van der Waals surface area contributed by atoms with Crippen LogP contribution in [0.3, 0.4) is 0 Å². The summed E-state index contributed by atoms with van der Waals surface area (Å²) in [6.07, 6.45) is 0. The van der Waals surface area contributed by atoms with Crippen molar-refractivity contribution in [1.29, 1.82) is 0 Å². The summed E-state index contributed by atoms with van der Waals surface area (Å²) in [6, 6.07) is 0. The Balaban J connectivity index is 3.94. The molecule has 0 aliphatic rings. The molecule has 92 valence electrons. The lowest BCUT2D eigenvalue weighted by atomic mass is 10.5. The van der Waals surface area contributed by atoms with Crippen LogP contribution in [-0.2, 0) is 14.6 Å². The molecule has 0 spiro atoms. The maximum absolute atomic E-state index is 11.3. The summed E-state index contributed by atoms with van der Waals surface area (Å²) in [7, 11) is -1.21. The Hall–Kier alpha value is 0.350. The van der Waals surface area contributed by atoms with E-state index in [2.05, 4.69) is 20.8 Å². The van der Waals surface area contributed by atoms with Gasteiger partial charge in [0.25, 0.3) is 0 Å². The Morgan fingerprint density at radius 2 is 1.93 bits per heavy atom. The van der Waals surface area contributed by atoms with Crippen LogP contribution in [0, 0.1) is 0 Å². The van der Waals surface area contributed by atoms with Crippen LogP contribution in [0.5, 0.6) is 0 Å². The van der Waals surface area contributed by atoms with Crippen molar-refractivity contribution in [1.82, 2.24) is 4.90 Å². The van der Waals surface area contributed by atoms with E-state index in [0.717, 1.165) is 18.4 Å². The van der Waals surface area contributed by atoms with Crippen LogP contribution >= 0.6 is 15.9 Å². The summed E-state index contributed by atoms with van der Waals surface area (Å²) in [5, 5.41) is 0.850. The number of ether oxygens (including phenoxy) is 1. The zero-order valence-corrected chi connectivity index (χ0v) is 11.8. The molecule has 0 aromatic rings. The van der Waals surface area contributed by atoms with E-state index in [-0.39, 0.29) is 11.5 Å². The third-order valence-electron chi connectivity index (χ3n) is 2.17. The van der Waals surface area contributed by atoms with E-state index < -0.39 is 9.84 Å². The van der Waals surface area contributed by atoms with Crippen molar-refractivity contribution in [2.75, 3.05) is 50.2 Å². The molecule has 0 atom stereocenters. The highest BCUT2D eigenvalue weighted by molar-refractivity contribution is 9.09. The van der Waals surface area contributed by atoms with Gasteiger partial charge in [-0.15, -0.1) is 0 Å². The minimum absolute atomic E-state index is 0.222. The van der Waals surface area contributed by atoms with Crippen molar-refractivity contribution in [3.63, 3.8) is 0 Å². The zero-order chi connectivity index (χ0) is 11.7. The van der Waals surface area contributed by atoms with Crippen LogP contribution in [0.4, 0.5) is 0 Å². The molecule has 0 aromatic heterocycles. The molecule has 0 saturated heterocycles. The number of rotatable bonds is 9. The van der Waals surface area contributed by atoms with E-state index in [0.29, 0.717) is 13.2 Å². The first-order chi connectivity index (χ1) is 7.05. The topological polar surface area (TPSA) is 46.6 Å². The Morgan fingerprint density at radius 3 is 2.40 bits per heavy atom. The summed E-state index contributed by atoms with van der Waals surface area (Å²) in [5.74, 6) is 0.458. The third-order valence-corrected chi connectivity index (χ3v) is 4.21. The van der Waals surface area contributed by atoms with Gasteiger partial charge in [0.15, 0.2) is 9.84 Å². The highest BCUT2D eigenvalue weighted by atomic mass is 79.9. The van der Waals surface area contributed by atoms with Gasteiger partial charge in [0, 0.05) is 37.8 Å². The predicted octanol–water partition coefficient (Wildman–Crippen LogP) is 0.764. The van der Waals surface area contributed by atoms with Crippen molar-refractivity contribution in [2.45, 2.75) is 6.92 Å². The Kier molecular flexibility index (Phi) is 8.69. The first-order valence-electron chi connectivity index (χ1n) is 5.03. The molecule has 6 heteroatoms. The number of sulfone groups is 1. The number of halogens is 1. The van der Waals surface area contributed by atoms with E-state index >= 15 is 0 Å². The number of methoxy groups -OCH3 is 1. The molecule has 0 aliphatic heterocycles. The monoisotopic (exact) mass is 301 g/mol. The maximum atomic E-state index is 11.3. The van der Waals surface area contributed by atoms with E-state index in [4.69, 9.17) is 4.74 Å². The van der Waals surface area contributed by atoms with Crippen molar-refractivity contribution >= 4 is 25.8 Å². The molecule has 0 radical (unpaired) electrons. The highest BCUT2D eigenvalue weighted by Gasteiger charge is 2.11. The van der Waals surface area contributed by atoms with Gasteiger partial charge >= 0.3 is 0 Å². The van der Waals surface area contributed by atoms with Crippen LogP contribution < -0.4 is 0 Å². The minimum Gasteiger partial charge on any atom is -0.383 e. The smallest absolute Gasteiger partial charge is 0.151 e. The number of alkyl halides is 1. The molecule has 0 heterocycles. The molecule has 0 unspecified atom stereocenters. The largest absolute Gasteiger partial charge is 0.383 e. The van der Waals surface area contributed by atoms with Gasteiger partial charge in [-0.05, 0) is 0 Å². The van der Waals surface area contributed by atoms with Crippen molar-refractivity contribution in [2.24, 2.45) is 0 Å². The molecular weight excluding hydrogens is 282 g/mol. The fourth-order valence-corrected chi connectivity index (χ4v) is 2.41. The first kappa shape index (κ1) is 15.3. The number of hydrogen-bond donors (Lipinski definition) is 0. The lowest BCUT2D eigenvalue weighted by molar-refractivity contribution is 0.155. The molecule has 0 saturated carbocycles. The molecule has 0 aliphatic carbocycles. The Morgan fingerprint density at radius 1 is 1.27 bits per heavy atom. The molecule has 4 nitrogen and oxygen atoms in total. The quantitative estimate of drug-likeness (QED) is 0.590. The average Bonchev–Trinajstić information content (AvgIpc) is 2.22. The van der Waals surface area contributed by atoms with E-state index in [1.54, 1.807) is 14.0 Å². The van der Waals surface area contributed by atoms with Crippen molar-refractivity contribution in [3.8, 4) is 0 Å². The molecule has 0 bridgehead atoms. The van der Waals surface area contributed by atoms with E-state index in [9.17, 15) is 8.42 Å². The van der Waals surface area contributed by atoms with Crippen LogP contribution in [0.1, 0.15) is 6.92 Å². The second-order valence-corrected chi connectivity index (χ2v) is 6.53. The van der Waals surface area contributed by atoms with Crippen LogP contribution in [-0.4, -0.2) is 63.5 Å². The van der Waals surface area contributed by atoms with Crippen molar-refractivity contribution in [3.05, 3.63) is 0 Å². The number of nitrogens with zero attached hydrogens (tertiary/aromatic N) is 1. The average molecular weight is 302 g/mol. The Labute approximate surface area is 101 Å². The fraction of sp³-hybridized carbons (Fsp3) is 1.00. The highest BCUT2D eigenvalue weighted by Crippen LogP contribution is 1.96. The fourth-order valence-electron chi connectivity index (χ4n) is 1.09. The predicted molar refractivity (Wildman–Crippen MR) is 66.4 cm³/mol. The molecule has 0 rings (SSSR count). The molecule has 0 N–H and O–H groups in total. The van der Waals surface area contributed by atoms with Gasteiger partial charge < -0.3 is 4.74 Å². The molecule has 0 fully saturated rings. The standard InChI is InChI=1S/C9H20BrNO3S/c1-3-15(12,13)9-7-11(5-4-10)6-8-14-2/h3-9H2,1-2H3. The molecule has 0 amide bonds. The van der Waals surface area contributed by atoms with Crippen molar-refractivity contribution < 1.29 is 13.2 Å². The molecule has 15 heavy (non-hydrogen) atoms. The number of hydrogen-bond acceptors (Lipinski definition) is 4. The summed E-state index contributed by atoms with van der Waals surface area (Å²) in [6.45, 7) is 4.54. The van der Waals surface area contributed by atoms with Crippen LogP contribution in [0.25, 0.3) is 0 Å². The normalized spacial score (nSPS) is 12.3. The first-order valence-corrected chi connectivity index (χ1v) is 7.97. The van der Waals surface area contributed by atoms with E-state index in [1.165, 1.54) is 0 Å². The van der Waals surface area contributed by atoms with Gasteiger partial charge in [0.05, 0.1) is 12.4 Å². The summed E-state index contributed by atoms with van der Waals surface area (Å²) < 4.78 is 27.6. The van der Waals surface area contributed by atoms with Gasteiger partial charge in [-0.3, -0.25) is 4.90 Å². The lowest BCUT2D eigenvalue weighted by Gasteiger charge is -2.20. The second kappa shape index (κ2) is 8.50. The van der Waals surface area contributed by atoms with Gasteiger partial charge in [-0.25, -0.2) is 8.42 Å². The van der Waals surface area contributed by atoms with E-state index in [1.807, 2.05) is 0 Å². The Bertz CT molecular complexity index is 244. The van der Waals surface area contributed by atoms with Crippen LogP contribution in [0.15, 0.2) is 0 Å². The summed E-state index contributed by atoms with van der Waals surface area (Å²) in [4.78, 5) is 2.09. The summed E-state index contributed by atoms with van der Waals surface area (Å²) >= 11 is 3.35.